The van der Waals surface area contributed by atoms with E-state index in [0.29, 0.717) is 0 Å². The number of carbonyl (C=O) groups is 2. The van der Waals surface area contributed by atoms with Gasteiger partial charge >= 0.3 is 0 Å². The number of thiophene rings is 1. The van der Waals surface area contributed by atoms with Crippen LogP contribution in [0.25, 0.3) is 0 Å². The maximum Gasteiger partial charge on any atom is 0.239 e. The lowest BCUT2D eigenvalue weighted by molar-refractivity contribution is -0.125. The zero-order chi connectivity index (χ0) is 13.5. The number of rotatable bonds is 6. The van der Waals surface area contributed by atoms with Gasteiger partial charge in [0.25, 0.3) is 0 Å². The molecule has 1 heterocycles. The van der Waals surface area contributed by atoms with Gasteiger partial charge in [-0.3, -0.25) is 9.59 Å². The molecule has 2 amide bonds. The lowest BCUT2D eigenvalue weighted by atomic mass is 10.2. The Morgan fingerprint density at radius 2 is 2.11 bits per heavy atom. The van der Waals surface area contributed by atoms with Crippen LogP contribution in [0.5, 0.6) is 0 Å². The van der Waals surface area contributed by atoms with Gasteiger partial charge in [-0.25, -0.2) is 0 Å². The quantitative estimate of drug-likeness (QED) is 0.688. The highest BCUT2D eigenvalue weighted by Gasteiger charge is 2.09. The maximum absolute atomic E-state index is 11.5. The largest absolute Gasteiger partial charge is 0.352 e. The Morgan fingerprint density at radius 1 is 1.39 bits per heavy atom. The average Bonchev–Trinajstić information content (AvgIpc) is 2.71. The van der Waals surface area contributed by atoms with Gasteiger partial charge in [0.05, 0.1) is 13.1 Å². The van der Waals surface area contributed by atoms with Crippen molar-refractivity contribution in [2.75, 3.05) is 13.1 Å². The minimum atomic E-state index is -0.327. The van der Waals surface area contributed by atoms with Crippen LogP contribution in [0.1, 0.15) is 16.7 Å². The first-order valence-corrected chi connectivity index (χ1v) is 6.64. The van der Waals surface area contributed by atoms with Crippen LogP contribution in [-0.4, -0.2) is 30.9 Å². The van der Waals surface area contributed by atoms with Crippen LogP contribution < -0.4 is 16.4 Å². The third kappa shape index (κ3) is 5.29. The molecule has 0 bridgehead atoms. The van der Waals surface area contributed by atoms with Crippen LogP contribution in [0.15, 0.2) is 12.1 Å². The van der Waals surface area contributed by atoms with Crippen molar-refractivity contribution in [3.05, 3.63) is 21.9 Å². The second kappa shape index (κ2) is 7.13. The fourth-order valence-corrected chi connectivity index (χ4v) is 2.54. The second-order valence-corrected chi connectivity index (χ2v) is 5.54. The van der Waals surface area contributed by atoms with Gasteiger partial charge in [-0.1, -0.05) is 0 Å². The third-order valence-corrected chi connectivity index (χ3v) is 3.37. The molecule has 0 saturated heterocycles. The van der Waals surface area contributed by atoms with Gasteiger partial charge in [0.2, 0.25) is 11.8 Å². The van der Waals surface area contributed by atoms with Crippen molar-refractivity contribution in [2.24, 2.45) is 5.73 Å². The zero-order valence-electron chi connectivity index (χ0n) is 10.7. The molecule has 0 aliphatic carbocycles. The molecular weight excluding hydrogens is 250 g/mol. The molecule has 1 unspecified atom stereocenters. The highest BCUT2D eigenvalue weighted by atomic mass is 32.1. The van der Waals surface area contributed by atoms with Crippen LogP contribution >= 0.6 is 11.3 Å². The first kappa shape index (κ1) is 14.7. The predicted molar refractivity (Wildman–Crippen MR) is 72.4 cm³/mol. The van der Waals surface area contributed by atoms with Crippen molar-refractivity contribution in [1.29, 1.82) is 0 Å². The lowest BCUT2D eigenvalue weighted by Gasteiger charge is -2.13. The summed E-state index contributed by atoms with van der Waals surface area (Å²) in [4.78, 5) is 24.9. The van der Waals surface area contributed by atoms with Gasteiger partial charge in [-0.2, -0.15) is 0 Å². The molecule has 0 spiro atoms. The standard InChI is InChI=1S/C12H19N3O2S/c1-8(5-10-4-3-9(2)18-10)15-12(17)7-14-11(16)6-13/h3-4,8H,5-7,13H2,1-2H3,(H,14,16)(H,15,17). The smallest absolute Gasteiger partial charge is 0.239 e. The van der Waals surface area contributed by atoms with Crippen molar-refractivity contribution >= 4 is 23.2 Å². The SMILES string of the molecule is Cc1ccc(CC(C)NC(=O)CNC(=O)CN)s1. The summed E-state index contributed by atoms with van der Waals surface area (Å²) in [5.74, 6) is -0.524. The van der Waals surface area contributed by atoms with E-state index in [-0.39, 0.29) is 30.9 Å². The molecule has 0 aromatic carbocycles. The summed E-state index contributed by atoms with van der Waals surface area (Å²) < 4.78 is 0. The van der Waals surface area contributed by atoms with Gasteiger partial charge in [-0.05, 0) is 26.0 Å². The third-order valence-electron chi connectivity index (χ3n) is 2.34. The van der Waals surface area contributed by atoms with Gasteiger partial charge in [0, 0.05) is 22.2 Å². The molecule has 0 saturated carbocycles. The molecule has 18 heavy (non-hydrogen) atoms. The van der Waals surface area contributed by atoms with E-state index in [1.807, 2.05) is 6.92 Å². The molecule has 4 N–H and O–H groups in total. The first-order valence-electron chi connectivity index (χ1n) is 5.82. The van der Waals surface area contributed by atoms with E-state index in [0.717, 1.165) is 6.42 Å². The van der Waals surface area contributed by atoms with Crippen LogP contribution in [0.4, 0.5) is 0 Å². The number of hydrogen-bond acceptors (Lipinski definition) is 4. The van der Waals surface area contributed by atoms with E-state index in [1.165, 1.54) is 9.75 Å². The summed E-state index contributed by atoms with van der Waals surface area (Å²) >= 11 is 1.73. The number of carbonyl (C=O) groups excluding carboxylic acids is 2. The Kier molecular flexibility index (Phi) is 5.80. The van der Waals surface area contributed by atoms with Gasteiger partial charge in [0.1, 0.15) is 0 Å². The summed E-state index contributed by atoms with van der Waals surface area (Å²) in [6.45, 7) is 3.87. The summed E-state index contributed by atoms with van der Waals surface area (Å²) in [5, 5.41) is 5.26. The molecule has 0 radical (unpaired) electrons. The van der Waals surface area contributed by atoms with E-state index >= 15 is 0 Å². The fraction of sp³-hybridized carbons (Fsp3) is 0.500. The van der Waals surface area contributed by atoms with Crippen LogP contribution in [0.3, 0.4) is 0 Å². The molecule has 0 aliphatic rings. The summed E-state index contributed by atoms with van der Waals surface area (Å²) in [5.41, 5.74) is 5.12. The Hall–Kier alpha value is -1.40. The van der Waals surface area contributed by atoms with Crippen molar-refractivity contribution in [1.82, 2.24) is 10.6 Å². The topological polar surface area (TPSA) is 84.2 Å². The maximum atomic E-state index is 11.5. The van der Waals surface area contributed by atoms with Crippen molar-refractivity contribution in [3.8, 4) is 0 Å². The van der Waals surface area contributed by atoms with Gasteiger partial charge < -0.3 is 16.4 Å². The molecule has 1 atom stereocenters. The number of nitrogens with one attached hydrogen (secondary N) is 2. The monoisotopic (exact) mass is 269 g/mol. The molecule has 1 rings (SSSR count). The van der Waals surface area contributed by atoms with E-state index < -0.39 is 0 Å². The summed E-state index contributed by atoms with van der Waals surface area (Å²) in [6.07, 6.45) is 0.801. The van der Waals surface area contributed by atoms with Crippen LogP contribution in [-0.2, 0) is 16.0 Å². The summed E-state index contributed by atoms with van der Waals surface area (Å²) in [7, 11) is 0. The van der Waals surface area contributed by atoms with E-state index in [9.17, 15) is 9.59 Å². The molecule has 0 aliphatic heterocycles. The zero-order valence-corrected chi connectivity index (χ0v) is 11.5. The summed E-state index contributed by atoms with van der Waals surface area (Å²) in [6, 6.07) is 4.18. The van der Waals surface area contributed by atoms with Gasteiger partial charge in [0.15, 0.2) is 0 Å². The van der Waals surface area contributed by atoms with Crippen LogP contribution in [0.2, 0.25) is 0 Å². The van der Waals surface area contributed by atoms with Crippen molar-refractivity contribution < 1.29 is 9.59 Å². The molecule has 100 valence electrons. The van der Waals surface area contributed by atoms with Crippen LogP contribution in [0, 0.1) is 6.92 Å². The normalized spacial score (nSPS) is 11.9. The van der Waals surface area contributed by atoms with Crippen molar-refractivity contribution in [2.45, 2.75) is 26.3 Å². The number of nitrogens with two attached hydrogens (primary N) is 1. The van der Waals surface area contributed by atoms with E-state index in [2.05, 4.69) is 29.7 Å². The number of hydrogen-bond donors (Lipinski definition) is 3. The number of aryl methyl sites for hydroxylation is 1. The Morgan fingerprint density at radius 3 is 2.67 bits per heavy atom. The minimum absolute atomic E-state index is 0.0240. The van der Waals surface area contributed by atoms with Gasteiger partial charge in [-0.15, -0.1) is 11.3 Å². The molecule has 5 nitrogen and oxygen atoms in total. The van der Waals surface area contributed by atoms with E-state index in [4.69, 9.17) is 5.73 Å². The first-order chi connectivity index (χ1) is 8.51. The molecule has 0 fully saturated rings. The lowest BCUT2D eigenvalue weighted by Crippen LogP contribution is -2.43. The Bertz CT molecular complexity index is 417. The molecule has 6 heteroatoms. The predicted octanol–water partition coefficient (Wildman–Crippen LogP) is 0.179. The molecule has 1 aromatic rings. The average molecular weight is 269 g/mol. The van der Waals surface area contributed by atoms with E-state index in [1.54, 1.807) is 11.3 Å². The van der Waals surface area contributed by atoms with Crippen molar-refractivity contribution in [3.63, 3.8) is 0 Å². The highest BCUT2D eigenvalue weighted by Crippen LogP contribution is 2.16. The Balaban J connectivity index is 2.29. The molecule has 1 aromatic heterocycles. The minimum Gasteiger partial charge on any atom is -0.352 e. The Labute approximate surface area is 111 Å². The fourth-order valence-electron chi connectivity index (χ4n) is 1.52. The number of amides is 2. The second-order valence-electron chi connectivity index (χ2n) is 4.17. The highest BCUT2D eigenvalue weighted by molar-refractivity contribution is 7.11. The molecular formula is C12H19N3O2S.